The van der Waals surface area contributed by atoms with Crippen molar-refractivity contribution in [2.45, 2.75) is 0 Å². The Kier molecular flexibility index (Phi) is 6.57. The number of esters is 1. The van der Waals surface area contributed by atoms with Gasteiger partial charge >= 0.3 is 5.97 Å². The van der Waals surface area contributed by atoms with Crippen molar-refractivity contribution in [3.63, 3.8) is 0 Å². The number of hydrogen-bond acceptors (Lipinski definition) is 4. The Morgan fingerprint density at radius 2 is 1.68 bits per heavy atom. The molecule has 0 aliphatic heterocycles. The van der Waals surface area contributed by atoms with Gasteiger partial charge in [-0.25, -0.2) is 10.2 Å². The normalized spacial score (nSPS) is 10.6. The van der Waals surface area contributed by atoms with Crippen LogP contribution < -0.4 is 10.2 Å². The van der Waals surface area contributed by atoms with E-state index in [4.69, 9.17) is 16.3 Å². The van der Waals surface area contributed by atoms with Crippen LogP contribution in [0.25, 0.3) is 0 Å². The first-order valence-electron chi connectivity index (χ1n) is 8.19. The monoisotopic (exact) mass is 456 g/mol. The van der Waals surface area contributed by atoms with Gasteiger partial charge < -0.3 is 4.74 Å². The van der Waals surface area contributed by atoms with E-state index in [1.807, 2.05) is 6.07 Å². The molecule has 0 radical (unpaired) electrons. The molecule has 0 aromatic heterocycles. The van der Waals surface area contributed by atoms with Gasteiger partial charge in [-0.3, -0.25) is 4.79 Å². The fraction of sp³-hybridized carbons (Fsp3) is 0. The maximum absolute atomic E-state index is 12.3. The second-order valence-corrected chi connectivity index (χ2v) is 7.00. The highest BCUT2D eigenvalue weighted by atomic mass is 79.9. The average molecular weight is 458 g/mol. The summed E-state index contributed by atoms with van der Waals surface area (Å²) >= 11 is 9.18. The van der Waals surface area contributed by atoms with Crippen molar-refractivity contribution >= 4 is 45.6 Å². The predicted octanol–water partition coefficient (Wildman–Crippen LogP) is 5.09. The Morgan fingerprint density at radius 1 is 0.964 bits per heavy atom. The number of benzene rings is 3. The number of nitrogens with zero attached hydrogens (tertiary/aromatic N) is 1. The molecule has 28 heavy (non-hydrogen) atoms. The van der Waals surface area contributed by atoms with Gasteiger partial charge in [0.25, 0.3) is 5.91 Å². The molecule has 140 valence electrons. The minimum atomic E-state index is -0.484. The van der Waals surface area contributed by atoms with Gasteiger partial charge in [-0.15, -0.1) is 0 Å². The highest BCUT2D eigenvalue weighted by Crippen LogP contribution is 2.23. The zero-order chi connectivity index (χ0) is 19.9. The number of nitrogens with one attached hydrogen (secondary N) is 1. The number of halogens is 2. The summed E-state index contributed by atoms with van der Waals surface area (Å²) in [7, 11) is 0. The molecule has 3 aromatic carbocycles. The third-order valence-corrected chi connectivity index (χ3v) is 4.41. The molecule has 3 aromatic rings. The summed E-state index contributed by atoms with van der Waals surface area (Å²) in [5, 5.41) is 4.49. The van der Waals surface area contributed by atoms with E-state index in [0.29, 0.717) is 27.5 Å². The van der Waals surface area contributed by atoms with Crippen molar-refractivity contribution in [1.29, 1.82) is 0 Å². The smallest absolute Gasteiger partial charge is 0.343 e. The third-order valence-electron chi connectivity index (χ3n) is 3.66. The van der Waals surface area contributed by atoms with E-state index in [0.717, 1.165) is 4.47 Å². The number of carbonyl (C=O) groups excluding carboxylic acids is 2. The molecule has 0 heterocycles. The Hall–Kier alpha value is -2.96. The number of rotatable bonds is 5. The van der Waals surface area contributed by atoms with E-state index in [-0.39, 0.29) is 5.91 Å². The summed E-state index contributed by atoms with van der Waals surface area (Å²) in [6.45, 7) is 0. The predicted molar refractivity (Wildman–Crippen MR) is 112 cm³/mol. The maximum Gasteiger partial charge on any atom is 0.343 e. The van der Waals surface area contributed by atoms with Crippen molar-refractivity contribution in [3.05, 3.63) is 99.0 Å². The standard InChI is InChI=1S/C21H14BrClN2O3/c22-17-8-11-19(28-21(27)15-4-2-1-3-5-15)16(12-17)13-24-25-20(26)14-6-9-18(23)10-7-14/h1-13H,(H,25,26)/b24-13-. The van der Waals surface area contributed by atoms with Crippen LogP contribution in [-0.2, 0) is 0 Å². The maximum atomic E-state index is 12.3. The molecule has 0 fully saturated rings. The first-order valence-corrected chi connectivity index (χ1v) is 9.36. The molecule has 0 aliphatic carbocycles. The van der Waals surface area contributed by atoms with Crippen LogP contribution in [0, 0.1) is 0 Å². The topological polar surface area (TPSA) is 67.8 Å². The van der Waals surface area contributed by atoms with Crippen molar-refractivity contribution in [2.24, 2.45) is 5.10 Å². The number of ether oxygens (including phenoxy) is 1. The van der Waals surface area contributed by atoms with Crippen LogP contribution in [0.3, 0.4) is 0 Å². The van der Waals surface area contributed by atoms with Crippen LogP contribution in [0.1, 0.15) is 26.3 Å². The van der Waals surface area contributed by atoms with E-state index in [1.165, 1.54) is 6.21 Å². The quantitative estimate of drug-likeness (QED) is 0.251. The van der Waals surface area contributed by atoms with Crippen LogP contribution in [0.4, 0.5) is 0 Å². The summed E-state index contributed by atoms with van der Waals surface area (Å²) in [6.07, 6.45) is 1.41. The molecule has 0 spiro atoms. The Labute approximate surface area is 175 Å². The molecule has 0 unspecified atom stereocenters. The Balaban J connectivity index is 1.73. The van der Waals surface area contributed by atoms with Gasteiger partial charge in [0, 0.05) is 20.6 Å². The lowest BCUT2D eigenvalue weighted by atomic mass is 10.2. The molecule has 0 saturated carbocycles. The van der Waals surface area contributed by atoms with E-state index in [9.17, 15) is 9.59 Å². The molecule has 3 rings (SSSR count). The van der Waals surface area contributed by atoms with Crippen molar-refractivity contribution in [2.75, 3.05) is 0 Å². The number of hydrogen-bond donors (Lipinski definition) is 1. The van der Waals surface area contributed by atoms with Crippen molar-refractivity contribution in [3.8, 4) is 5.75 Å². The highest BCUT2D eigenvalue weighted by Gasteiger charge is 2.11. The van der Waals surface area contributed by atoms with Crippen LogP contribution in [0.2, 0.25) is 5.02 Å². The zero-order valence-corrected chi connectivity index (χ0v) is 16.8. The summed E-state index contributed by atoms with van der Waals surface area (Å²) < 4.78 is 6.24. The van der Waals surface area contributed by atoms with Gasteiger partial charge in [-0.05, 0) is 54.6 Å². The minimum Gasteiger partial charge on any atom is -0.422 e. The van der Waals surface area contributed by atoms with Gasteiger partial charge in [0.2, 0.25) is 0 Å². The van der Waals surface area contributed by atoms with Crippen LogP contribution in [0.15, 0.2) is 82.4 Å². The number of carbonyl (C=O) groups is 2. The molecule has 0 atom stereocenters. The SMILES string of the molecule is O=C(N/N=C\c1cc(Br)ccc1OC(=O)c1ccccc1)c1ccc(Cl)cc1. The van der Waals surface area contributed by atoms with E-state index in [1.54, 1.807) is 66.7 Å². The molecule has 0 saturated heterocycles. The second kappa shape index (κ2) is 9.30. The van der Waals surface area contributed by atoms with Gasteiger partial charge in [-0.2, -0.15) is 5.10 Å². The lowest BCUT2D eigenvalue weighted by Gasteiger charge is -2.08. The molecule has 7 heteroatoms. The Morgan fingerprint density at radius 3 is 2.39 bits per heavy atom. The summed E-state index contributed by atoms with van der Waals surface area (Å²) in [5.41, 5.74) is 3.81. The van der Waals surface area contributed by atoms with E-state index >= 15 is 0 Å². The fourth-order valence-corrected chi connectivity index (χ4v) is 2.78. The molecule has 5 nitrogen and oxygen atoms in total. The van der Waals surface area contributed by atoms with Crippen LogP contribution in [0.5, 0.6) is 5.75 Å². The fourth-order valence-electron chi connectivity index (χ4n) is 2.27. The molecular formula is C21H14BrClN2O3. The van der Waals surface area contributed by atoms with Gasteiger partial charge in [0.1, 0.15) is 5.75 Å². The lowest BCUT2D eigenvalue weighted by molar-refractivity contribution is 0.0734. The first-order chi connectivity index (χ1) is 13.5. The average Bonchev–Trinajstić information content (AvgIpc) is 2.71. The number of amides is 1. The van der Waals surface area contributed by atoms with E-state index < -0.39 is 5.97 Å². The van der Waals surface area contributed by atoms with Gasteiger partial charge in [0.15, 0.2) is 0 Å². The third kappa shape index (κ3) is 5.28. The van der Waals surface area contributed by atoms with Crippen LogP contribution in [-0.4, -0.2) is 18.1 Å². The summed E-state index contributed by atoms with van der Waals surface area (Å²) in [5.74, 6) is -0.546. The largest absolute Gasteiger partial charge is 0.422 e. The molecule has 1 amide bonds. The van der Waals surface area contributed by atoms with E-state index in [2.05, 4.69) is 26.5 Å². The summed E-state index contributed by atoms with van der Waals surface area (Å²) in [4.78, 5) is 24.4. The van der Waals surface area contributed by atoms with Crippen molar-refractivity contribution < 1.29 is 14.3 Å². The highest BCUT2D eigenvalue weighted by molar-refractivity contribution is 9.10. The summed E-state index contributed by atoms with van der Waals surface area (Å²) in [6, 6.07) is 20.2. The molecule has 0 bridgehead atoms. The van der Waals surface area contributed by atoms with Crippen LogP contribution >= 0.6 is 27.5 Å². The Bertz CT molecular complexity index is 1020. The molecule has 0 aliphatic rings. The number of hydrazone groups is 1. The lowest BCUT2D eigenvalue weighted by Crippen LogP contribution is -2.17. The van der Waals surface area contributed by atoms with Gasteiger partial charge in [0.05, 0.1) is 11.8 Å². The second-order valence-electron chi connectivity index (χ2n) is 5.64. The minimum absolute atomic E-state index is 0.321. The zero-order valence-electron chi connectivity index (χ0n) is 14.4. The molecular weight excluding hydrogens is 444 g/mol. The van der Waals surface area contributed by atoms with Gasteiger partial charge in [-0.1, -0.05) is 45.7 Å². The first kappa shape index (κ1) is 19.8. The molecule has 1 N–H and O–H groups in total. The van der Waals surface area contributed by atoms with Crippen molar-refractivity contribution in [1.82, 2.24) is 5.43 Å².